The van der Waals surface area contributed by atoms with Crippen LogP contribution < -0.4 is 5.32 Å². The second-order valence-electron chi connectivity index (χ2n) is 2.48. The second kappa shape index (κ2) is 4.64. The summed E-state index contributed by atoms with van der Waals surface area (Å²) in [5.74, 6) is -0.0570. The highest BCUT2D eigenvalue weighted by molar-refractivity contribution is 5.20. The SMILES string of the molecule is CCCCNc1nc(F)nc(F)n1. The van der Waals surface area contributed by atoms with Crippen molar-refractivity contribution in [2.45, 2.75) is 19.8 Å². The molecule has 0 atom stereocenters. The van der Waals surface area contributed by atoms with Gasteiger partial charge in [-0.15, -0.1) is 0 Å². The number of rotatable bonds is 4. The van der Waals surface area contributed by atoms with Gasteiger partial charge >= 0.3 is 12.2 Å². The lowest BCUT2D eigenvalue weighted by Gasteiger charge is -2.01. The first-order valence-electron chi connectivity index (χ1n) is 4.03. The summed E-state index contributed by atoms with van der Waals surface area (Å²) in [7, 11) is 0. The normalized spacial score (nSPS) is 10.1. The molecule has 0 aliphatic heterocycles. The van der Waals surface area contributed by atoms with Gasteiger partial charge in [-0.25, -0.2) is 0 Å². The Balaban J connectivity index is 2.56. The van der Waals surface area contributed by atoms with E-state index in [-0.39, 0.29) is 5.95 Å². The molecule has 4 nitrogen and oxygen atoms in total. The van der Waals surface area contributed by atoms with E-state index >= 15 is 0 Å². The molecule has 0 fully saturated rings. The van der Waals surface area contributed by atoms with Gasteiger partial charge in [-0.05, 0) is 6.42 Å². The minimum Gasteiger partial charge on any atom is -0.354 e. The van der Waals surface area contributed by atoms with E-state index in [0.717, 1.165) is 12.8 Å². The number of anilines is 1. The van der Waals surface area contributed by atoms with E-state index in [2.05, 4.69) is 20.3 Å². The summed E-state index contributed by atoms with van der Waals surface area (Å²) in [5, 5.41) is 2.68. The molecule has 1 aromatic heterocycles. The first-order valence-corrected chi connectivity index (χ1v) is 4.03. The topological polar surface area (TPSA) is 50.7 Å². The molecule has 1 rings (SSSR count). The van der Waals surface area contributed by atoms with Gasteiger partial charge in [-0.3, -0.25) is 0 Å². The van der Waals surface area contributed by atoms with E-state index in [9.17, 15) is 8.78 Å². The highest BCUT2D eigenvalue weighted by Crippen LogP contribution is 1.99. The minimum absolute atomic E-state index is 0.0570. The van der Waals surface area contributed by atoms with Crippen molar-refractivity contribution in [3.8, 4) is 0 Å². The van der Waals surface area contributed by atoms with Crippen LogP contribution in [0, 0.1) is 12.2 Å². The first-order chi connectivity index (χ1) is 6.22. The van der Waals surface area contributed by atoms with Gasteiger partial charge in [0, 0.05) is 6.54 Å². The lowest BCUT2D eigenvalue weighted by molar-refractivity contribution is 0.457. The summed E-state index contributed by atoms with van der Waals surface area (Å²) in [6, 6.07) is 0. The largest absolute Gasteiger partial charge is 0.354 e. The van der Waals surface area contributed by atoms with Crippen molar-refractivity contribution in [1.29, 1.82) is 0 Å². The Morgan fingerprint density at radius 1 is 1.15 bits per heavy atom. The van der Waals surface area contributed by atoms with Crippen LogP contribution in [0.3, 0.4) is 0 Å². The number of unbranched alkanes of at least 4 members (excludes halogenated alkanes) is 1. The summed E-state index contributed by atoms with van der Waals surface area (Å²) >= 11 is 0. The third kappa shape index (κ3) is 3.27. The Bertz CT molecular complexity index is 259. The lowest BCUT2D eigenvalue weighted by Crippen LogP contribution is -2.08. The molecule has 1 aromatic rings. The molecule has 1 N–H and O–H groups in total. The van der Waals surface area contributed by atoms with E-state index in [1.807, 2.05) is 6.92 Å². The van der Waals surface area contributed by atoms with Crippen LogP contribution in [0.2, 0.25) is 0 Å². The predicted molar refractivity (Wildman–Crippen MR) is 43.1 cm³/mol. The predicted octanol–water partition coefficient (Wildman–Crippen LogP) is 1.36. The van der Waals surface area contributed by atoms with Gasteiger partial charge in [-0.1, -0.05) is 13.3 Å². The average Bonchev–Trinajstić information content (AvgIpc) is 2.03. The molecule has 0 saturated heterocycles. The van der Waals surface area contributed by atoms with Crippen LogP contribution in [0.1, 0.15) is 19.8 Å². The Morgan fingerprint density at radius 2 is 1.77 bits per heavy atom. The summed E-state index contributed by atoms with van der Waals surface area (Å²) in [4.78, 5) is 9.30. The fourth-order valence-electron chi connectivity index (χ4n) is 0.782. The quantitative estimate of drug-likeness (QED) is 0.725. The Hall–Kier alpha value is -1.33. The standard InChI is InChI=1S/C7H10F2N4/c1-2-3-4-10-7-12-5(8)11-6(9)13-7/h2-4H2,1H3,(H,10,11,12,13). The molecule has 0 bridgehead atoms. The van der Waals surface area contributed by atoms with E-state index in [1.54, 1.807) is 0 Å². The van der Waals surface area contributed by atoms with Crippen molar-refractivity contribution in [3.05, 3.63) is 12.2 Å². The summed E-state index contributed by atoms with van der Waals surface area (Å²) in [6.45, 7) is 2.61. The fraction of sp³-hybridized carbons (Fsp3) is 0.571. The van der Waals surface area contributed by atoms with Crippen LogP contribution in [-0.4, -0.2) is 21.5 Å². The van der Waals surface area contributed by atoms with Crippen LogP contribution >= 0.6 is 0 Å². The molecular weight excluding hydrogens is 178 g/mol. The maximum absolute atomic E-state index is 12.4. The van der Waals surface area contributed by atoms with Gasteiger partial charge in [-0.2, -0.15) is 23.7 Å². The summed E-state index contributed by atoms with van der Waals surface area (Å²) in [5.41, 5.74) is 0. The van der Waals surface area contributed by atoms with E-state index in [0.29, 0.717) is 6.54 Å². The molecule has 72 valence electrons. The van der Waals surface area contributed by atoms with E-state index < -0.39 is 12.2 Å². The monoisotopic (exact) mass is 188 g/mol. The number of nitrogens with one attached hydrogen (secondary N) is 1. The molecule has 0 radical (unpaired) electrons. The zero-order valence-electron chi connectivity index (χ0n) is 7.22. The molecule has 0 spiro atoms. The second-order valence-corrected chi connectivity index (χ2v) is 2.48. The Kier molecular flexibility index (Phi) is 3.48. The molecule has 0 saturated carbocycles. The van der Waals surface area contributed by atoms with Crippen molar-refractivity contribution < 1.29 is 8.78 Å². The lowest BCUT2D eigenvalue weighted by atomic mass is 10.3. The van der Waals surface area contributed by atoms with Crippen molar-refractivity contribution in [1.82, 2.24) is 15.0 Å². The zero-order chi connectivity index (χ0) is 9.68. The van der Waals surface area contributed by atoms with Crippen LogP contribution in [-0.2, 0) is 0 Å². The van der Waals surface area contributed by atoms with Crippen LogP contribution in [0.15, 0.2) is 0 Å². The number of aromatic nitrogens is 3. The molecule has 1 heterocycles. The molecule has 0 unspecified atom stereocenters. The van der Waals surface area contributed by atoms with Gasteiger partial charge in [0.05, 0.1) is 0 Å². The Morgan fingerprint density at radius 3 is 2.31 bits per heavy atom. The molecule has 0 aliphatic carbocycles. The smallest absolute Gasteiger partial charge is 0.315 e. The van der Waals surface area contributed by atoms with E-state index in [1.165, 1.54) is 0 Å². The van der Waals surface area contributed by atoms with Crippen molar-refractivity contribution in [2.75, 3.05) is 11.9 Å². The van der Waals surface area contributed by atoms with Gasteiger partial charge in [0.1, 0.15) is 0 Å². The first kappa shape index (κ1) is 9.76. The molecule has 13 heavy (non-hydrogen) atoms. The zero-order valence-corrected chi connectivity index (χ0v) is 7.22. The van der Waals surface area contributed by atoms with Gasteiger partial charge < -0.3 is 5.32 Å². The minimum atomic E-state index is -1.11. The maximum atomic E-state index is 12.4. The third-order valence-corrected chi connectivity index (χ3v) is 1.39. The maximum Gasteiger partial charge on any atom is 0.315 e. The molecule has 0 amide bonds. The Labute approximate surface area is 74.4 Å². The number of hydrogen-bond donors (Lipinski definition) is 1. The number of hydrogen-bond acceptors (Lipinski definition) is 4. The van der Waals surface area contributed by atoms with Crippen molar-refractivity contribution in [3.63, 3.8) is 0 Å². The van der Waals surface area contributed by atoms with Crippen molar-refractivity contribution >= 4 is 5.95 Å². The molecule has 6 heteroatoms. The number of nitrogens with zero attached hydrogens (tertiary/aromatic N) is 3. The fourth-order valence-corrected chi connectivity index (χ4v) is 0.782. The molecule has 0 aromatic carbocycles. The van der Waals surface area contributed by atoms with Gasteiger partial charge in [0.15, 0.2) is 0 Å². The van der Waals surface area contributed by atoms with Crippen LogP contribution in [0.25, 0.3) is 0 Å². The molecule has 0 aliphatic rings. The third-order valence-electron chi connectivity index (χ3n) is 1.39. The number of halogens is 2. The van der Waals surface area contributed by atoms with Crippen LogP contribution in [0.4, 0.5) is 14.7 Å². The highest BCUT2D eigenvalue weighted by Gasteiger charge is 2.03. The van der Waals surface area contributed by atoms with Crippen LogP contribution in [0.5, 0.6) is 0 Å². The highest BCUT2D eigenvalue weighted by atomic mass is 19.1. The van der Waals surface area contributed by atoms with Gasteiger partial charge in [0.25, 0.3) is 0 Å². The molecular formula is C7H10F2N4. The summed E-state index contributed by atoms with van der Waals surface area (Å²) in [6.07, 6.45) is -0.323. The van der Waals surface area contributed by atoms with Gasteiger partial charge in [0.2, 0.25) is 5.95 Å². The van der Waals surface area contributed by atoms with Crippen molar-refractivity contribution in [2.24, 2.45) is 0 Å². The van der Waals surface area contributed by atoms with E-state index in [4.69, 9.17) is 0 Å². The average molecular weight is 188 g/mol. The summed E-state index contributed by atoms with van der Waals surface area (Å²) < 4.78 is 24.8.